The number of nitro groups is 1. The number of hydrogen-bond donors (Lipinski definition) is 1. The highest BCUT2D eigenvalue weighted by molar-refractivity contribution is 7.13. The van der Waals surface area contributed by atoms with Gasteiger partial charge in [-0.3, -0.25) is 10.1 Å². The lowest BCUT2D eigenvalue weighted by molar-refractivity contribution is -0.385. The van der Waals surface area contributed by atoms with Crippen LogP contribution in [0.4, 0.5) is 11.6 Å². The van der Waals surface area contributed by atoms with Gasteiger partial charge in [0.25, 0.3) is 0 Å². The summed E-state index contributed by atoms with van der Waals surface area (Å²) in [4.78, 5) is 20.2. The first-order valence-electron chi connectivity index (χ1n) is 6.36. The number of nitrogens with one attached hydrogen (secondary N) is 1. The van der Waals surface area contributed by atoms with Crippen LogP contribution in [0.3, 0.4) is 0 Å². The number of hydrogen-bond acceptors (Lipinski definition) is 6. The summed E-state index contributed by atoms with van der Waals surface area (Å²) < 4.78 is 0. The summed E-state index contributed by atoms with van der Waals surface area (Å²) in [7, 11) is 0. The van der Waals surface area contributed by atoms with Crippen LogP contribution in [0, 0.1) is 24.0 Å². The molecule has 0 amide bonds. The summed E-state index contributed by atoms with van der Waals surface area (Å²) in [5.74, 6) is 0.442. The highest BCUT2D eigenvalue weighted by atomic mass is 32.1. The smallest absolute Gasteiger partial charge is 0.317 e. The van der Waals surface area contributed by atoms with Gasteiger partial charge in [0.15, 0.2) is 5.69 Å². The van der Waals surface area contributed by atoms with Crippen LogP contribution < -0.4 is 5.32 Å². The molecule has 0 aromatic carbocycles. The lowest BCUT2D eigenvalue weighted by atomic mass is 10.2. The fourth-order valence-corrected chi connectivity index (χ4v) is 2.79. The van der Waals surface area contributed by atoms with Crippen molar-refractivity contribution in [3.63, 3.8) is 0 Å². The van der Waals surface area contributed by atoms with E-state index in [2.05, 4.69) is 15.3 Å². The Balaban J connectivity index is 2.59. The second kappa shape index (κ2) is 5.96. The molecule has 0 bridgehead atoms. The fraction of sp³-hybridized carbons (Fsp3) is 0.385. The molecule has 0 aliphatic rings. The van der Waals surface area contributed by atoms with Crippen LogP contribution >= 0.6 is 11.3 Å². The molecule has 0 radical (unpaired) electrons. The molecule has 0 spiro atoms. The highest BCUT2D eigenvalue weighted by Gasteiger charge is 2.24. The largest absolute Gasteiger partial charge is 0.354 e. The molecule has 20 heavy (non-hydrogen) atoms. The maximum absolute atomic E-state index is 11.3. The maximum Gasteiger partial charge on any atom is 0.317 e. The molecule has 0 saturated heterocycles. The molecule has 2 rings (SSSR count). The molecule has 2 aromatic heterocycles. The summed E-state index contributed by atoms with van der Waals surface area (Å²) in [5.41, 5.74) is 1.75. The monoisotopic (exact) mass is 292 g/mol. The first-order chi connectivity index (χ1) is 9.54. The molecule has 0 atom stereocenters. The number of rotatable bonds is 5. The molecular weight excluding hydrogens is 276 g/mol. The summed E-state index contributed by atoms with van der Waals surface area (Å²) in [6.45, 7) is 6.34. The Morgan fingerprint density at radius 3 is 2.70 bits per heavy atom. The Hall–Kier alpha value is -2.02. The Labute approximate surface area is 121 Å². The Morgan fingerprint density at radius 1 is 1.40 bits per heavy atom. The second-order valence-electron chi connectivity index (χ2n) is 4.45. The predicted octanol–water partition coefficient (Wildman–Crippen LogP) is 3.55. The third kappa shape index (κ3) is 2.77. The van der Waals surface area contributed by atoms with E-state index in [1.54, 1.807) is 6.92 Å². The normalized spacial score (nSPS) is 10.6. The van der Waals surface area contributed by atoms with E-state index in [0.717, 1.165) is 23.4 Å². The first kappa shape index (κ1) is 14.4. The van der Waals surface area contributed by atoms with Crippen LogP contribution in [0.1, 0.15) is 24.6 Å². The minimum atomic E-state index is -0.409. The van der Waals surface area contributed by atoms with Gasteiger partial charge in [-0.1, -0.05) is 6.92 Å². The molecule has 0 aliphatic heterocycles. The first-order valence-corrected chi connectivity index (χ1v) is 7.24. The van der Waals surface area contributed by atoms with E-state index in [1.807, 2.05) is 25.3 Å². The summed E-state index contributed by atoms with van der Waals surface area (Å²) >= 11 is 1.45. The second-order valence-corrected chi connectivity index (χ2v) is 5.36. The van der Waals surface area contributed by atoms with E-state index in [4.69, 9.17) is 0 Å². The van der Waals surface area contributed by atoms with Crippen molar-refractivity contribution in [2.75, 3.05) is 11.9 Å². The zero-order chi connectivity index (χ0) is 14.7. The van der Waals surface area contributed by atoms with E-state index in [-0.39, 0.29) is 5.69 Å². The molecule has 0 unspecified atom stereocenters. The van der Waals surface area contributed by atoms with E-state index in [0.29, 0.717) is 17.3 Å². The number of aromatic nitrogens is 2. The lowest BCUT2D eigenvalue weighted by Gasteiger charge is -2.08. The number of thiophene rings is 1. The van der Waals surface area contributed by atoms with Crippen LogP contribution in [0.5, 0.6) is 0 Å². The number of anilines is 1. The molecule has 6 nitrogen and oxygen atoms in total. The summed E-state index contributed by atoms with van der Waals surface area (Å²) in [5, 5.41) is 16.3. The van der Waals surface area contributed by atoms with Gasteiger partial charge >= 0.3 is 5.69 Å². The average Bonchev–Trinajstić information content (AvgIpc) is 2.81. The van der Waals surface area contributed by atoms with Crippen LogP contribution in [-0.2, 0) is 0 Å². The molecule has 2 aromatic rings. The predicted molar refractivity (Wildman–Crippen MR) is 80.3 cm³/mol. The van der Waals surface area contributed by atoms with E-state index >= 15 is 0 Å². The summed E-state index contributed by atoms with van der Waals surface area (Å²) in [6.07, 6.45) is 0.937. The third-order valence-corrected chi connectivity index (χ3v) is 3.87. The molecule has 1 N–H and O–H groups in total. The minimum absolute atomic E-state index is 0.0161. The Bertz CT molecular complexity index is 639. The van der Waals surface area contributed by atoms with Crippen LogP contribution in [0.25, 0.3) is 10.6 Å². The van der Waals surface area contributed by atoms with Crippen molar-refractivity contribution in [1.29, 1.82) is 0 Å². The topological polar surface area (TPSA) is 81.0 Å². The van der Waals surface area contributed by atoms with Gasteiger partial charge in [-0.15, -0.1) is 11.3 Å². The molecular formula is C13H16N4O2S. The zero-order valence-corrected chi connectivity index (χ0v) is 12.5. The molecule has 0 fully saturated rings. The van der Waals surface area contributed by atoms with Gasteiger partial charge in [-0.05, 0) is 37.3 Å². The van der Waals surface area contributed by atoms with Gasteiger partial charge in [0.1, 0.15) is 5.69 Å². The Morgan fingerprint density at radius 2 is 2.15 bits per heavy atom. The van der Waals surface area contributed by atoms with Gasteiger partial charge < -0.3 is 5.32 Å². The number of aryl methyl sites for hydroxylation is 2. The van der Waals surface area contributed by atoms with Crippen molar-refractivity contribution in [2.45, 2.75) is 27.2 Å². The third-order valence-electron chi connectivity index (χ3n) is 2.85. The summed E-state index contributed by atoms with van der Waals surface area (Å²) in [6, 6.07) is 1.93. The average molecular weight is 292 g/mol. The zero-order valence-electron chi connectivity index (χ0n) is 11.6. The van der Waals surface area contributed by atoms with Crippen molar-refractivity contribution in [1.82, 2.24) is 9.97 Å². The molecule has 0 aliphatic carbocycles. The molecule has 0 saturated carbocycles. The van der Waals surface area contributed by atoms with Crippen molar-refractivity contribution in [3.8, 4) is 10.6 Å². The van der Waals surface area contributed by atoms with Crippen molar-refractivity contribution < 1.29 is 4.92 Å². The maximum atomic E-state index is 11.3. The van der Waals surface area contributed by atoms with Gasteiger partial charge in [0.2, 0.25) is 5.95 Å². The lowest BCUT2D eigenvalue weighted by Crippen LogP contribution is -2.08. The van der Waals surface area contributed by atoms with Crippen molar-refractivity contribution in [2.24, 2.45) is 0 Å². The Kier molecular flexibility index (Phi) is 4.29. The van der Waals surface area contributed by atoms with Crippen LogP contribution in [0.2, 0.25) is 0 Å². The van der Waals surface area contributed by atoms with Crippen LogP contribution in [0.15, 0.2) is 11.4 Å². The van der Waals surface area contributed by atoms with Gasteiger partial charge in [0, 0.05) is 6.54 Å². The van der Waals surface area contributed by atoms with Gasteiger partial charge in [-0.2, -0.15) is 0 Å². The van der Waals surface area contributed by atoms with Crippen molar-refractivity contribution >= 4 is 23.0 Å². The van der Waals surface area contributed by atoms with E-state index in [9.17, 15) is 10.1 Å². The number of nitrogens with zero attached hydrogens (tertiary/aromatic N) is 3. The standard InChI is InChI=1S/C13H16N4O2S/c1-4-6-14-13-15-9(3)11(17(18)19)10(16-13)12-8(2)5-7-20-12/h5,7H,4,6H2,1-3H3,(H,14,15,16). The minimum Gasteiger partial charge on any atom is -0.354 e. The van der Waals surface area contributed by atoms with Crippen molar-refractivity contribution in [3.05, 3.63) is 32.8 Å². The van der Waals surface area contributed by atoms with E-state index in [1.165, 1.54) is 11.3 Å². The fourth-order valence-electron chi connectivity index (χ4n) is 1.88. The van der Waals surface area contributed by atoms with Gasteiger partial charge in [0.05, 0.1) is 9.80 Å². The molecule has 2 heterocycles. The highest BCUT2D eigenvalue weighted by Crippen LogP contribution is 2.36. The van der Waals surface area contributed by atoms with Crippen LogP contribution in [-0.4, -0.2) is 21.4 Å². The quantitative estimate of drug-likeness (QED) is 0.673. The SMILES string of the molecule is CCCNc1nc(C)c([N+](=O)[O-])c(-c2sccc2C)n1. The van der Waals surface area contributed by atoms with Gasteiger partial charge in [-0.25, -0.2) is 9.97 Å². The van der Waals surface area contributed by atoms with E-state index < -0.39 is 4.92 Å². The molecule has 7 heteroatoms. The molecule has 106 valence electrons.